The summed E-state index contributed by atoms with van der Waals surface area (Å²) in [6.07, 6.45) is 0.782. The van der Waals surface area contributed by atoms with Gasteiger partial charge in [0.2, 0.25) is 0 Å². The second kappa shape index (κ2) is 5.18. The Labute approximate surface area is 107 Å². The molecule has 0 saturated carbocycles. The van der Waals surface area contributed by atoms with Gasteiger partial charge in [0.15, 0.2) is 5.82 Å². The van der Waals surface area contributed by atoms with E-state index in [0.29, 0.717) is 5.89 Å². The molecule has 0 aliphatic carbocycles. The molecule has 2 aromatic rings. The van der Waals surface area contributed by atoms with Gasteiger partial charge in [-0.25, -0.2) is 0 Å². The first kappa shape index (κ1) is 12.6. The van der Waals surface area contributed by atoms with E-state index in [2.05, 4.69) is 15.0 Å². The van der Waals surface area contributed by atoms with Gasteiger partial charge in [-0.05, 0) is 44.8 Å². The predicted octanol–water partition coefficient (Wildman–Crippen LogP) is 1.73. The molecule has 18 heavy (non-hydrogen) atoms. The summed E-state index contributed by atoms with van der Waals surface area (Å²) in [5.74, 6) is 1.29. The van der Waals surface area contributed by atoms with E-state index >= 15 is 0 Å². The minimum atomic E-state index is 0.557. The summed E-state index contributed by atoms with van der Waals surface area (Å²) >= 11 is 0. The Balaban J connectivity index is 2.18. The fraction of sp³-hybridized carbons (Fsp3) is 0.385. The van der Waals surface area contributed by atoms with Crippen LogP contribution in [-0.2, 0) is 6.42 Å². The highest BCUT2D eigenvalue weighted by atomic mass is 16.5. The number of benzene rings is 1. The van der Waals surface area contributed by atoms with Crippen LogP contribution in [0, 0.1) is 6.92 Å². The number of hydrogen-bond donors (Lipinski definition) is 1. The van der Waals surface area contributed by atoms with Crippen LogP contribution in [0.4, 0.5) is 5.69 Å². The number of rotatable bonds is 4. The average molecular weight is 246 g/mol. The van der Waals surface area contributed by atoms with Crippen molar-refractivity contribution >= 4 is 5.69 Å². The molecule has 5 nitrogen and oxygen atoms in total. The van der Waals surface area contributed by atoms with Crippen LogP contribution in [0.1, 0.15) is 11.4 Å². The minimum absolute atomic E-state index is 0.557. The fourth-order valence-electron chi connectivity index (χ4n) is 1.72. The summed E-state index contributed by atoms with van der Waals surface area (Å²) in [7, 11) is 4.04. The number of nitrogens with two attached hydrogens (primary N) is 1. The maximum absolute atomic E-state index is 5.72. The topological polar surface area (TPSA) is 68.2 Å². The lowest BCUT2D eigenvalue weighted by molar-refractivity contribution is 0.392. The molecule has 0 aliphatic heterocycles. The summed E-state index contributed by atoms with van der Waals surface area (Å²) in [6, 6.07) is 5.65. The number of nitrogens with zero attached hydrogens (tertiary/aromatic N) is 3. The predicted molar refractivity (Wildman–Crippen MR) is 71.1 cm³/mol. The zero-order valence-electron chi connectivity index (χ0n) is 11.0. The molecular weight excluding hydrogens is 228 g/mol. The Kier molecular flexibility index (Phi) is 3.62. The molecule has 0 saturated heterocycles. The molecule has 0 spiro atoms. The molecular formula is C13H18N4O. The lowest BCUT2D eigenvalue weighted by Gasteiger charge is -2.05. The summed E-state index contributed by atoms with van der Waals surface area (Å²) < 4.78 is 5.28. The first-order valence-corrected chi connectivity index (χ1v) is 5.90. The number of anilines is 1. The highest BCUT2D eigenvalue weighted by molar-refractivity contribution is 5.62. The number of aromatic nitrogens is 2. The van der Waals surface area contributed by atoms with Gasteiger partial charge in [0.1, 0.15) is 0 Å². The molecule has 1 aromatic heterocycles. The first-order chi connectivity index (χ1) is 8.56. The van der Waals surface area contributed by atoms with Crippen LogP contribution in [-0.4, -0.2) is 35.7 Å². The third-order valence-corrected chi connectivity index (χ3v) is 2.73. The molecule has 0 bridgehead atoms. The van der Waals surface area contributed by atoms with Crippen molar-refractivity contribution in [1.82, 2.24) is 15.0 Å². The Morgan fingerprint density at radius 3 is 2.78 bits per heavy atom. The van der Waals surface area contributed by atoms with Gasteiger partial charge >= 0.3 is 0 Å². The molecule has 0 fully saturated rings. The maximum Gasteiger partial charge on any atom is 0.258 e. The van der Waals surface area contributed by atoms with E-state index in [4.69, 9.17) is 10.3 Å². The highest BCUT2D eigenvalue weighted by Crippen LogP contribution is 2.23. The summed E-state index contributed by atoms with van der Waals surface area (Å²) in [4.78, 5) is 6.49. The van der Waals surface area contributed by atoms with Gasteiger partial charge in [-0.3, -0.25) is 0 Å². The highest BCUT2D eigenvalue weighted by Gasteiger charge is 2.11. The second-order valence-electron chi connectivity index (χ2n) is 4.64. The molecule has 96 valence electrons. The van der Waals surface area contributed by atoms with E-state index < -0.39 is 0 Å². The van der Waals surface area contributed by atoms with Gasteiger partial charge in [0.25, 0.3) is 5.89 Å². The minimum Gasteiger partial charge on any atom is -0.399 e. The number of likely N-dealkylation sites (N-methyl/N-ethyl adjacent to an activating group) is 1. The van der Waals surface area contributed by atoms with Crippen molar-refractivity contribution in [2.24, 2.45) is 0 Å². The summed E-state index contributed by atoms with van der Waals surface area (Å²) in [5, 5.41) is 3.98. The SMILES string of the molecule is Cc1cc(N)ccc1-c1nc(CCN(C)C)no1. The van der Waals surface area contributed by atoms with Gasteiger partial charge in [0, 0.05) is 24.2 Å². The van der Waals surface area contributed by atoms with Gasteiger partial charge in [0.05, 0.1) is 0 Å². The van der Waals surface area contributed by atoms with Crippen molar-refractivity contribution < 1.29 is 4.52 Å². The average Bonchev–Trinajstić information content (AvgIpc) is 2.75. The number of hydrogen-bond acceptors (Lipinski definition) is 5. The molecule has 1 heterocycles. The van der Waals surface area contributed by atoms with Crippen LogP contribution in [0.2, 0.25) is 0 Å². The van der Waals surface area contributed by atoms with E-state index in [1.807, 2.05) is 39.2 Å². The maximum atomic E-state index is 5.72. The van der Waals surface area contributed by atoms with Crippen LogP contribution in [0.15, 0.2) is 22.7 Å². The molecule has 2 N–H and O–H groups in total. The fourth-order valence-corrected chi connectivity index (χ4v) is 1.72. The van der Waals surface area contributed by atoms with Gasteiger partial charge in [-0.1, -0.05) is 5.16 Å². The third kappa shape index (κ3) is 2.87. The molecule has 0 unspecified atom stereocenters. The van der Waals surface area contributed by atoms with Crippen LogP contribution in [0.5, 0.6) is 0 Å². The van der Waals surface area contributed by atoms with E-state index in [1.165, 1.54) is 0 Å². The molecule has 0 atom stereocenters. The van der Waals surface area contributed by atoms with Crippen LogP contribution >= 0.6 is 0 Å². The quantitative estimate of drug-likeness (QED) is 0.832. The van der Waals surface area contributed by atoms with Crippen LogP contribution in [0.25, 0.3) is 11.5 Å². The summed E-state index contributed by atoms with van der Waals surface area (Å²) in [6.45, 7) is 2.88. The lowest BCUT2D eigenvalue weighted by Crippen LogP contribution is -2.15. The number of aryl methyl sites for hydroxylation is 1. The zero-order chi connectivity index (χ0) is 13.1. The first-order valence-electron chi connectivity index (χ1n) is 5.90. The second-order valence-corrected chi connectivity index (χ2v) is 4.64. The zero-order valence-corrected chi connectivity index (χ0v) is 11.0. The Morgan fingerprint density at radius 2 is 2.11 bits per heavy atom. The van der Waals surface area contributed by atoms with Crippen molar-refractivity contribution in [3.8, 4) is 11.5 Å². The normalized spacial score (nSPS) is 11.1. The molecule has 0 radical (unpaired) electrons. The van der Waals surface area contributed by atoms with E-state index in [9.17, 15) is 0 Å². The van der Waals surface area contributed by atoms with E-state index in [1.54, 1.807) is 0 Å². The smallest absolute Gasteiger partial charge is 0.258 e. The van der Waals surface area contributed by atoms with E-state index in [0.717, 1.165) is 35.6 Å². The number of nitrogen functional groups attached to an aromatic ring is 1. The Bertz CT molecular complexity index is 534. The van der Waals surface area contributed by atoms with Crippen molar-refractivity contribution in [2.45, 2.75) is 13.3 Å². The Morgan fingerprint density at radius 1 is 1.33 bits per heavy atom. The standard InChI is InChI=1S/C13H18N4O/c1-9-8-10(14)4-5-11(9)13-15-12(16-18-13)6-7-17(2)3/h4-5,8H,6-7,14H2,1-3H3. The molecule has 2 rings (SSSR count). The largest absolute Gasteiger partial charge is 0.399 e. The van der Waals surface area contributed by atoms with E-state index in [-0.39, 0.29) is 0 Å². The Hall–Kier alpha value is -1.88. The van der Waals surface area contributed by atoms with Gasteiger partial charge < -0.3 is 15.2 Å². The van der Waals surface area contributed by atoms with Crippen LogP contribution < -0.4 is 5.73 Å². The molecule has 0 aliphatic rings. The lowest BCUT2D eigenvalue weighted by atomic mass is 10.1. The van der Waals surface area contributed by atoms with Gasteiger partial charge in [-0.2, -0.15) is 4.98 Å². The van der Waals surface area contributed by atoms with Crippen molar-refractivity contribution in [2.75, 3.05) is 26.4 Å². The van der Waals surface area contributed by atoms with Gasteiger partial charge in [-0.15, -0.1) is 0 Å². The monoisotopic (exact) mass is 246 g/mol. The third-order valence-electron chi connectivity index (χ3n) is 2.73. The molecule has 1 aromatic carbocycles. The summed E-state index contributed by atoms with van der Waals surface area (Å²) in [5.41, 5.74) is 8.44. The molecule has 5 heteroatoms. The van der Waals surface area contributed by atoms with Crippen LogP contribution in [0.3, 0.4) is 0 Å². The molecule has 0 amide bonds. The van der Waals surface area contributed by atoms with Crippen molar-refractivity contribution in [1.29, 1.82) is 0 Å². The van der Waals surface area contributed by atoms with Crippen molar-refractivity contribution in [3.63, 3.8) is 0 Å². The van der Waals surface area contributed by atoms with Crippen molar-refractivity contribution in [3.05, 3.63) is 29.6 Å².